The van der Waals surface area contributed by atoms with Crippen LogP contribution in [0.2, 0.25) is 0 Å². The molecule has 1 unspecified atom stereocenters. The molecule has 0 saturated carbocycles. The molecule has 348 valence electrons. The Balaban J connectivity index is 1.37. The van der Waals surface area contributed by atoms with Gasteiger partial charge in [0.15, 0.2) is 28.7 Å². The Bertz CT molecular complexity index is 2630. The maximum Gasteiger partial charge on any atom is 0.317 e. The molecule has 2 aliphatic rings. The summed E-state index contributed by atoms with van der Waals surface area (Å²) in [5, 5.41) is 3.33. The molecule has 0 radical (unpaired) electrons. The quantitative estimate of drug-likeness (QED) is 0.0365. The van der Waals surface area contributed by atoms with Crippen LogP contribution in [0.5, 0.6) is 0 Å². The Labute approximate surface area is 390 Å². The first kappa shape index (κ1) is 49.6. The molecule has 0 bridgehead atoms. The molecular weight excluding hydrogens is 829 g/mol. The van der Waals surface area contributed by atoms with Gasteiger partial charge in [0.05, 0.1) is 12.3 Å². The summed E-state index contributed by atoms with van der Waals surface area (Å²) in [5.41, 5.74) is 1.56. The van der Waals surface area contributed by atoms with Gasteiger partial charge in [-0.05, 0) is 73.1 Å². The molecule has 10 heteroatoms. The number of hydrogen-bond acceptors (Lipinski definition) is 9. The third-order valence-corrected chi connectivity index (χ3v) is 14.5. The molecule has 2 aliphatic carbocycles. The van der Waals surface area contributed by atoms with Crippen molar-refractivity contribution in [2.75, 3.05) is 13.5 Å². The van der Waals surface area contributed by atoms with Gasteiger partial charge in [-0.25, -0.2) is 4.58 Å². The fraction of sp³-hybridized carbons (Fsp3) is 0.446. The smallest absolute Gasteiger partial charge is 0.317 e. The van der Waals surface area contributed by atoms with E-state index in [4.69, 9.17) is 9.47 Å². The molecule has 0 aliphatic heterocycles. The number of hydrogen-bond donors (Lipinski definition) is 1. The highest BCUT2D eigenvalue weighted by molar-refractivity contribution is 6.34. The third kappa shape index (κ3) is 10.2. The highest BCUT2D eigenvalue weighted by atomic mass is 16.5. The number of carbonyl (C=O) groups excluding carboxylic acids is 6. The summed E-state index contributed by atoms with van der Waals surface area (Å²) < 4.78 is 13.3. The zero-order chi connectivity index (χ0) is 48.5. The van der Waals surface area contributed by atoms with Crippen molar-refractivity contribution in [1.82, 2.24) is 5.32 Å². The highest BCUT2D eigenvalue weighted by Crippen LogP contribution is 2.43. The fourth-order valence-corrected chi connectivity index (χ4v) is 8.48. The number of rotatable bonds is 19. The summed E-state index contributed by atoms with van der Waals surface area (Å²) in [4.78, 5) is 86.1. The number of carbonyl (C=O) groups is 6. The van der Waals surface area contributed by atoms with Gasteiger partial charge in [0.25, 0.3) is 6.73 Å². The van der Waals surface area contributed by atoms with E-state index in [0.29, 0.717) is 5.56 Å². The second-order valence-corrected chi connectivity index (χ2v) is 21.0. The fourth-order valence-electron chi connectivity index (χ4n) is 8.48. The summed E-state index contributed by atoms with van der Waals surface area (Å²) in [6, 6.07) is 19.5. The van der Waals surface area contributed by atoms with Gasteiger partial charge in [-0.1, -0.05) is 127 Å². The van der Waals surface area contributed by atoms with E-state index >= 15 is 0 Å². The van der Waals surface area contributed by atoms with Gasteiger partial charge < -0.3 is 9.47 Å². The lowest BCUT2D eigenvalue weighted by atomic mass is 9.73. The standard InChI is InChI=1S/C56H67N2O8/c1-13-53(4,5)27-29-55(8,9)57-32-65-43(59)31-35-23-24-37(46-44(35)48(60)39-19-15-16-20-40(39)50(46)62)38-26-25-36(45-47(38)51(63)42-22-18-17-21-41(42)49(45)61)34(3)52(64)66-33-58(12)56(10,11)30-28-54(6,7)14-2/h15-26,34,57H,12-14,27-33H2,1-11H3/q+1. The SMILES string of the molecule is C=[N+](COC(=O)C(C)c1ccc(-c2ccc(CC(=O)OCNC(C)(C)CCC(C)(C)CC)c3c2C(=O)c2ccccc2C3=O)c2c1C(=O)c1ccccc1C2=O)C(C)(C)CCC(C)(C)CC. The number of nitrogens with zero attached hydrogens (tertiary/aromatic N) is 1. The molecule has 10 nitrogen and oxygen atoms in total. The lowest BCUT2D eigenvalue weighted by Crippen LogP contribution is -2.42. The Morgan fingerprint density at radius 1 is 0.591 bits per heavy atom. The van der Waals surface area contributed by atoms with Crippen LogP contribution in [0.25, 0.3) is 11.1 Å². The second kappa shape index (κ2) is 19.2. The lowest BCUT2D eigenvalue weighted by molar-refractivity contribution is -0.623. The number of benzene rings is 4. The maximum atomic E-state index is 14.8. The minimum atomic E-state index is -0.981. The van der Waals surface area contributed by atoms with Gasteiger partial charge in [-0.15, -0.1) is 0 Å². The van der Waals surface area contributed by atoms with E-state index in [1.165, 1.54) is 0 Å². The van der Waals surface area contributed by atoms with Gasteiger partial charge in [0.1, 0.15) is 13.4 Å². The Morgan fingerprint density at radius 2 is 1.05 bits per heavy atom. The molecule has 0 spiro atoms. The van der Waals surface area contributed by atoms with Crippen molar-refractivity contribution in [1.29, 1.82) is 0 Å². The van der Waals surface area contributed by atoms with Gasteiger partial charge in [-0.2, -0.15) is 0 Å². The summed E-state index contributed by atoms with van der Waals surface area (Å²) in [7, 11) is 0. The van der Waals surface area contributed by atoms with Crippen LogP contribution in [-0.2, 0) is 25.5 Å². The topological polar surface area (TPSA) is 136 Å². The predicted molar refractivity (Wildman–Crippen MR) is 258 cm³/mol. The van der Waals surface area contributed by atoms with Gasteiger partial charge in [0, 0.05) is 70.3 Å². The van der Waals surface area contributed by atoms with Crippen LogP contribution in [0.15, 0.2) is 72.8 Å². The molecule has 0 heterocycles. The molecule has 1 N–H and O–H groups in total. The largest absolute Gasteiger partial charge is 0.449 e. The molecule has 0 fully saturated rings. The third-order valence-electron chi connectivity index (χ3n) is 14.5. The van der Waals surface area contributed by atoms with Crippen LogP contribution < -0.4 is 5.32 Å². The van der Waals surface area contributed by atoms with Crippen LogP contribution >= 0.6 is 0 Å². The summed E-state index contributed by atoms with van der Waals surface area (Å²) in [6.45, 7) is 27.2. The van der Waals surface area contributed by atoms with Crippen LogP contribution in [0.3, 0.4) is 0 Å². The van der Waals surface area contributed by atoms with Crippen molar-refractivity contribution in [3.8, 4) is 11.1 Å². The van der Waals surface area contributed by atoms with Gasteiger partial charge in [-0.3, -0.25) is 34.1 Å². The molecule has 66 heavy (non-hydrogen) atoms. The minimum absolute atomic E-state index is 0.0128. The van der Waals surface area contributed by atoms with Gasteiger partial charge >= 0.3 is 11.9 Å². The zero-order valence-electron chi connectivity index (χ0n) is 40.8. The summed E-state index contributed by atoms with van der Waals surface area (Å²) in [6.07, 6.45) is 5.44. The summed E-state index contributed by atoms with van der Waals surface area (Å²) in [5.74, 6) is -4.02. The highest BCUT2D eigenvalue weighted by Gasteiger charge is 2.40. The number of esters is 2. The van der Waals surface area contributed by atoms with Gasteiger partial charge in [0.2, 0.25) is 0 Å². The van der Waals surface area contributed by atoms with Crippen molar-refractivity contribution in [3.63, 3.8) is 0 Å². The van der Waals surface area contributed by atoms with E-state index in [1.807, 2.05) is 0 Å². The van der Waals surface area contributed by atoms with Crippen LogP contribution in [0, 0.1) is 10.8 Å². The minimum Gasteiger partial charge on any atom is -0.449 e. The molecule has 0 aromatic heterocycles. The van der Waals surface area contributed by atoms with Crippen LogP contribution in [-0.4, -0.2) is 70.9 Å². The predicted octanol–water partition coefficient (Wildman–Crippen LogP) is 10.8. The van der Waals surface area contributed by atoms with E-state index in [0.717, 1.165) is 38.5 Å². The first-order valence-corrected chi connectivity index (χ1v) is 23.3. The van der Waals surface area contributed by atoms with E-state index in [2.05, 4.69) is 81.3 Å². The first-order chi connectivity index (χ1) is 30.9. The molecule has 6 rings (SSSR count). The average molecular weight is 896 g/mol. The van der Waals surface area contributed by atoms with E-state index < -0.39 is 41.0 Å². The Kier molecular flexibility index (Phi) is 14.4. The normalized spacial score (nSPS) is 14.2. The molecular formula is C56H67N2O8+. The Morgan fingerprint density at radius 3 is 1.56 bits per heavy atom. The van der Waals surface area contributed by atoms with Crippen molar-refractivity contribution in [2.45, 2.75) is 138 Å². The first-order valence-electron chi connectivity index (χ1n) is 23.3. The van der Waals surface area contributed by atoms with E-state index in [1.54, 1.807) is 84.3 Å². The maximum absolute atomic E-state index is 14.8. The second-order valence-electron chi connectivity index (χ2n) is 21.0. The number of nitrogens with one attached hydrogen (secondary N) is 1. The number of ketones is 4. The Hall–Kier alpha value is -5.87. The lowest BCUT2D eigenvalue weighted by Gasteiger charge is -2.31. The molecule has 1 atom stereocenters. The van der Waals surface area contributed by atoms with Crippen LogP contribution in [0.1, 0.15) is 195 Å². The summed E-state index contributed by atoms with van der Waals surface area (Å²) >= 11 is 0. The molecule has 4 aromatic carbocycles. The van der Waals surface area contributed by atoms with E-state index in [9.17, 15) is 28.8 Å². The zero-order valence-corrected chi connectivity index (χ0v) is 40.8. The monoisotopic (exact) mass is 895 g/mol. The van der Waals surface area contributed by atoms with Crippen molar-refractivity contribution >= 4 is 41.8 Å². The number of ether oxygens (including phenoxy) is 2. The molecule has 4 aromatic rings. The van der Waals surface area contributed by atoms with Crippen molar-refractivity contribution in [3.05, 3.63) is 128 Å². The van der Waals surface area contributed by atoms with Crippen molar-refractivity contribution in [2.24, 2.45) is 10.8 Å². The van der Waals surface area contributed by atoms with E-state index in [-0.39, 0.29) is 103 Å². The molecule has 0 saturated heterocycles. The van der Waals surface area contributed by atoms with Crippen molar-refractivity contribution < 1.29 is 42.8 Å². The average Bonchev–Trinajstić information content (AvgIpc) is 3.29. The van der Waals surface area contributed by atoms with Crippen LogP contribution in [0.4, 0.5) is 0 Å². The number of fused-ring (bicyclic) bond motifs is 4. The molecule has 0 amide bonds.